The summed E-state index contributed by atoms with van der Waals surface area (Å²) in [5.74, 6) is -0.176. The number of ether oxygens (including phenoxy) is 2. The Morgan fingerprint density at radius 1 is 1.32 bits per heavy atom. The zero-order valence-corrected chi connectivity index (χ0v) is 11.2. The first kappa shape index (κ1) is 14.8. The monoisotopic (exact) mass is 263 g/mol. The Hall–Kier alpha value is -2.30. The third kappa shape index (κ3) is 5.72. The zero-order chi connectivity index (χ0) is 14.3. The maximum atomic E-state index is 11.5. The van der Waals surface area contributed by atoms with Crippen molar-refractivity contribution in [2.45, 2.75) is 13.8 Å². The smallest absolute Gasteiger partial charge is 0.343 e. The van der Waals surface area contributed by atoms with Gasteiger partial charge in [0.15, 0.2) is 6.61 Å². The standard InChI is InChI=1S/C14H17NO4/c1-10(2)7-13(16)15-11-5-4-6-12(8-11)19-9-14(17)18-3/h4-8H,9H2,1-3H3,(H,15,16). The van der Waals surface area contributed by atoms with Gasteiger partial charge in [0.25, 0.3) is 0 Å². The first-order valence-electron chi connectivity index (χ1n) is 5.77. The van der Waals surface area contributed by atoms with Crippen LogP contribution in [0.4, 0.5) is 5.69 Å². The molecule has 0 aliphatic carbocycles. The topological polar surface area (TPSA) is 64.6 Å². The molecule has 102 valence electrons. The summed E-state index contributed by atoms with van der Waals surface area (Å²) in [6, 6.07) is 6.80. The molecule has 0 spiro atoms. The molecular formula is C14H17NO4. The highest BCUT2D eigenvalue weighted by atomic mass is 16.6. The highest BCUT2D eigenvalue weighted by molar-refractivity contribution is 5.99. The highest BCUT2D eigenvalue weighted by Gasteiger charge is 2.03. The van der Waals surface area contributed by atoms with E-state index in [1.165, 1.54) is 13.2 Å². The van der Waals surface area contributed by atoms with Crippen molar-refractivity contribution in [3.63, 3.8) is 0 Å². The molecule has 1 aromatic carbocycles. The van der Waals surface area contributed by atoms with Crippen LogP contribution in [-0.2, 0) is 14.3 Å². The summed E-state index contributed by atoms with van der Waals surface area (Å²) in [6.07, 6.45) is 1.50. The number of amides is 1. The summed E-state index contributed by atoms with van der Waals surface area (Å²) in [6.45, 7) is 3.52. The number of nitrogens with one attached hydrogen (secondary N) is 1. The number of esters is 1. The van der Waals surface area contributed by atoms with Crippen LogP contribution in [0.1, 0.15) is 13.8 Å². The van der Waals surface area contributed by atoms with E-state index in [1.807, 2.05) is 13.8 Å². The van der Waals surface area contributed by atoms with Crippen molar-refractivity contribution in [2.24, 2.45) is 0 Å². The number of carbonyl (C=O) groups is 2. The molecule has 0 aliphatic rings. The number of hydrogen-bond donors (Lipinski definition) is 1. The van der Waals surface area contributed by atoms with E-state index in [1.54, 1.807) is 24.3 Å². The second-order valence-electron chi connectivity index (χ2n) is 4.10. The fourth-order valence-electron chi connectivity index (χ4n) is 1.31. The van der Waals surface area contributed by atoms with Gasteiger partial charge in [0.1, 0.15) is 5.75 Å². The van der Waals surface area contributed by atoms with Gasteiger partial charge < -0.3 is 14.8 Å². The molecule has 0 aliphatic heterocycles. The number of methoxy groups -OCH3 is 1. The minimum Gasteiger partial charge on any atom is -0.482 e. The van der Waals surface area contributed by atoms with Gasteiger partial charge in [0.05, 0.1) is 7.11 Å². The molecule has 1 N–H and O–H groups in total. The van der Waals surface area contributed by atoms with Gasteiger partial charge in [-0.15, -0.1) is 0 Å². The predicted octanol–water partition coefficient (Wildman–Crippen LogP) is 2.14. The maximum absolute atomic E-state index is 11.5. The Labute approximate surface area is 112 Å². The van der Waals surface area contributed by atoms with Gasteiger partial charge >= 0.3 is 5.97 Å². The fourth-order valence-corrected chi connectivity index (χ4v) is 1.31. The van der Waals surface area contributed by atoms with E-state index in [4.69, 9.17) is 4.74 Å². The Balaban J connectivity index is 2.64. The van der Waals surface area contributed by atoms with Crippen molar-refractivity contribution in [3.05, 3.63) is 35.9 Å². The van der Waals surface area contributed by atoms with Crippen LogP contribution in [0.2, 0.25) is 0 Å². The summed E-state index contributed by atoms with van der Waals surface area (Å²) in [5.41, 5.74) is 1.51. The van der Waals surface area contributed by atoms with Crippen LogP contribution in [-0.4, -0.2) is 25.6 Å². The van der Waals surface area contributed by atoms with Crippen LogP contribution in [0.25, 0.3) is 0 Å². The van der Waals surface area contributed by atoms with E-state index in [2.05, 4.69) is 10.1 Å². The second kappa shape index (κ2) is 7.20. The van der Waals surface area contributed by atoms with E-state index in [-0.39, 0.29) is 12.5 Å². The van der Waals surface area contributed by atoms with Gasteiger partial charge in [-0.2, -0.15) is 0 Å². The number of anilines is 1. The lowest BCUT2D eigenvalue weighted by atomic mass is 10.2. The number of hydrogen-bond acceptors (Lipinski definition) is 4. The Bertz CT molecular complexity index is 490. The summed E-state index contributed by atoms with van der Waals surface area (Å²) in [7, 11) is 1.29. The van der Waals surface area contributed by atoms with Crippen molar-refractivity contribution in [3.8, 4) is 5.75 Å². The van der Waals surface area contributed by atoms with Gasteiger partial charge in [-0.1, -0.05) is 11.6 Å². The third-order valence-electron chi connectivity index (χ3n) is 2.11. The Morgan fingerprint density at radius 2 is 2.05 bits per heavy atom. The summed E-state index contributed by atoms with van der Waals surface area (Å²) >= 11 is 0. The first-order chi connectivity index (χ1) is 9.01. The summed E-state index contributed by atoms with van der Waals surface area (Å²) in [5, 5.41) is 2.70. The van der Waals surface area contributed by atoms with Gasteiger partial charge in [-0.05, 0) is 26.0 Å². The normalized spacial score (nSPS) is 9.42. The lowest BCUT2D eigenvalue weighted by Gasteiger charge is -2.07. The number of benzene rings is 1. The van der Waals surface area contributed by atoms with Gasteiger partial charge in [0.2, 0.25) is 5.91 Å². The van der Waals surface area contributed by atoms with Crippen LogP contribution in [0.15, 0.2) is 35.9 Å². The fraction of sp³-hybridized carbons (Fsp3) is 0.286. The molecule has 1 rings (SSSR count). The molecule has 1 amide bonds. The van der Waals surface area contributed by atoms with E-state index in [0.717, 1.165) is 5.57 Å². The highest BCUT2D eigenvalue weighted by Crippen LogP contribution is 2.17. The minimum atomic E-state index is -0.459. The molecule has 0 fully saturated rings. The molecular weight excluding hydrogens is 246 g/mol. The lowest BCUT2D eigenvalue weighted by molar-refractivity contribution is -0.142. The van der Waals surface area contributed by atoms with Gasteiger partial charge in [-0.25, -0.2) is 4.79 Å². The van der Waals surface area contributed by atoms with Crippen molar-refractivity contribution in [2.75, 3.05) is 19.0 Å². The lowest BCUT2D eigenvalue weighted by Crippen LogP contribution is -2.13. The Morgan fingerprint density at radius 3 is 2.68 bits per heavy atom. The molecule has 0 saturated heterocycles. The quantitative estimate of drug-likeness (QED) is 0.653. The van der Waals surface area contributed by atoms with Gasteiger partial charge in [0, 0.05) is 17.8 Å². The van der Waals surface area contributed by atoms with Gasteiger partial charge in [-0.3, -0.25) is 4.79 Å². The molecule has 5 nitrogen and oxygen atoms in total. The van der Waals surface area contributed by atoms with E-state index >= 15 is 0 Å². The molecule has 5 heteroatoms. The summed E-state index contributed by atoms with van der Waals surface area (Å²) < 4.78 is 9.69. The van der Waals surface area contributed by atoms with E-state index < -0.39 is 5.97 Å². The zero-order valence-electron chi connectivity index (χ0n) is 11.2. The second-order valence-corrected chi connectivity index (χ2v) is 4.10. The molecule has 0 aromatic heterocycles. The van der Waals surface area contributed by atoms with Crippen molar-refractivity contribution < 1.29 is 19.1 Å². The number of rotatable bonds is 5. The molecule has 0 heterocycles. The molecule has 0 unspecified atom stereocenters. The molecule has 0 bridgehead atoms. The average Bonchev–Trinajstić information content (AvgIpc) is 2.35. The first-order valence-corrected chi connectivity index (χ1v) is 5.77. The molecule has 0 atom stereocenters. The average molecular weight is 263 g/mol. The van der Waals surface area contributed by atoms with Crippen molar-refractivity contribution in [1.82, 2.24) is 0 Å². The SMILES string of the molecule is COC(=O)COc1cccc(NC(=O)C=C(C)C)c1. The molecule has 0 radical (unpaired) electrons. The van der Waals surface area contributed by atoms with Crippen LogP contribution in [0.5, 0.6) is 5.75 Å². The van der Waals surface area contributed by atoms with Crippen molar-refractivity contribution in [1.29, 1.82) is 0 Å². The maximum Gasteiger partial charge on any atom is 0.343 e. The minimum absolute atomic E-state index is 0.165. The third-order valence-corrected chi connectivity index (χ3v) is 2.11. The number of carbonyl (C=O) groups excluding carboxylic acids is 2. The van der Waals surface area contributed by atoms with Crippen LogP contribution in [0.3, 0.4) is 0 Å². The van der Waals surface area contributed by atoms with Crippen LogP contribution in [0, 0.1) is 0 Å². The van der Waals surface area contributed by atoms with Crippen LogP contribution >= 0.6 is 0 Å². The predicted molar refractivity (Wildman–Crippen MR) is 72.0 cm³/mol. The molecule has 1 aromatic rings. The summed E-state index contributed by atoms with van der Waals surface area (Å²) in [4.78, 5) is 22.5. The largest absolute Gasteiger partial charge is 0.482 e. The van der Waals surface area contributed by atoms with E-state index in [9.17, 15) is 9.59 Å². The molecule has 0 saturated carbocycles. The molecule has 19 heavy (non-hydrogen) atoms. The van der Waals surface area contributed by atoms with Crippen molar-refractivity contribution >= 4 is 17.6 Å². The van der Waals surface area contributed by atoms with Crippen LogP contribution < -0.4 is 10.1 Å². The Kier molecular flexibility index (Phi) is 5.60. The number of allylic oxidation sites excluding steroid dienone is 1. The van der Waals surface area contributed by atoms with E-state index in [0.29, 0.717) is 11.4 Å².